The molecule has 1 amide bonds. The third-order valence-electron chi connectivity index (χ3n) is 4.45. The van der Waals surface area contributed by atoms with Crippen LogP contribution in [0.5, 0.6) is 11.6 Å². The van der Waals surface area contributed by atoms with E-state index in [1.807, 2.05) is 41.2 Å². The number of amides is 1. The molecule has 1 aliphatic rings. The Balaban J connectivity index is 0.00000150. The molecule has 3 heterocycles. The van der Waals surface area contributed by atoms with Gasteiger partial charge in [-0.3, -0.25) is 9.48 Å². The number of ether oxygens (including phenoxy) is 1. The van der Waals surface area contributed by atoms with Crippen LogP contribution in [0.15, 0.2) is 60.9 Å². The van der Waals surface area contributed by atoms with Gasteiger partial charge < -0.3 is 15.4 Å². The van der Waals surface area contributed by atoms with Crippen molar-refractivity contribution in [3.05, 3.63) is 66.6 Å². The SMILES string of the molecule is Cl.Cl.O=C(Nc1ccc(Oc2ccccc2)nc1)c1ccn(C2CCCNC2)n1. The molecule has 1 saturated heterocycles. The number of halogens is 2. The van der Waals surface area contributed by atoms with Crippen molar-refractivity contribution in [3.8, 4) is 11.6 Å². The average molecular weight is 436 g/mol. The van der Waals surface area contributed by atoms with E-state index >= 15 is 0 Å². The molecule has 0 saturated carbocycles. The second kappa shape index (κ2) is 10.8. The molecule has 0 spiro atoms. The molecular weight excluding hydrogens is 413 g/mol. The molecule has 0 radical (unpaired) electrons. The van der Waals surface area contributed by atoms with E-state index in [0.717, 1.165) is 25.9 Å². The predicted octanol–water partition coefficient (Wildman–Crippen LogP) is 4.09. The van der Waals surface area contributed by atoms with Crippen LogP contribution in [0.25, 0.3) is 0 Å². The van der Waals surface area contributed by atoms with Gasteiger partial charge in [0.2, 0.25) is 5.88 Å². The number of aromatic nitrogens is 3. The van der Waals surface area contributed by atoms with Crippen LogP contribution in [0.1, 0.15) is 29.4 Å². The fourth-order valence-corrected chi connectivity index (χ4v) is 3.04. The van der Waals surface area contributed by atoms with Crippen molar-refractivity contribution in [2.75, 3.05) is 18.4 Å². The smallest absolute Gasteiger partial charge is 0.276 e. The fraction of sp³-hybridized carbons (Fsp3) is 0.250. The van der Waals surface area contributed by atoms with Crippen LogP contribution >= 0.6 is 24.8 Å². The summed E-state index contributed by atoms with van der Waals surface area (Å²) in [6.45, 7) is 1.93. The molecule has 0 bridgehead atoms. The monoisotopic (exact) mass is 435 g/mol. The summed E-state index contributed by atoms with van der Waals surface area (Å²) in [6.07, 6.45) is 5.62. The lowest BCUT2D eigenvalue weighted by molar-refractivity contribution is 0.102. The highest BCUT2D eigenvalue weighted by Crippen LogP contribution is 2.20. The lowest BCUT2D eigenvalue weighted by atomic mass is 10.1. The number of carbonyl (C=O) groups excluding carboxylic acids is 1. The number of hydrogen-bond acceptors (Lipinski definition) is 5. The summed E-state index contributed by atoms with van der Waals surface area (Å²) in [5.74, 6) is 0.925. The minimum Gasteiger partial charge on any atom is -0.439 e. The standard InChI is InChI=1S/C20H21N5O2.2ClH/c26-20(18-10-12-25(24-18)16-5-4-11-21-14-16)23-15-8-9-19(22-13-15)27-17-6-2-1-3-7-17;;/h1-3,6-10,12-13,16,21H,4-5,11,14H2,(H,23,26);2*1H. The van der Waals surface area contributed by atoms with Gasteiger partial charge in [0.25, 0.3) is 5.91 Å². The molecule has 1 atom stereocenters. The zero-order valence-corrected chi connectivity index (χ0v) is 17.3. The van der Waals surface area contributed by atoms with E-state index in [-0.39, 0.29) is 30.7 Å². The molecule has 1 aromatic carbocycles. The van der Waals surface area contributed by atoms with Crippen molar-refractivity contribution in [3.63, 3.8) is 0 Å². The van der Waals surface area contributed by atoms with Crippen molar-refractivity contribution in [2.24, 2.45) is 0 Å². The Bertz CT molecular complexity index is 897. The number of anilines is 1. The highest BCUT2D eigenvalue weighted by atomic mass is 35.5. The zero-order valence-electron chi connectivity index (χ0n) is 15.7. The number of piperidine rings is 1. The molecule has 2 N–H and O–H groups in total. The number of benzene rings is 1. The molecule has 29 heavy (non-hydrogen) atoms. The summed E-state index contributed by atoms with van der Waals surface area (Å²) in [6, 6.07) is 14.9. The van der Waals surface area contributed by atoms with Gasteiger partial charge in [-0.05, 0) is 43.7 Å². The maximum absolute atomic E-state index is 12.4. The summed E-state index contributed by atoms with van der Waals surface area (Å²) in [7, 11) is 0. The van der Waals surface area contributed by atoms with Gasteiger partial charge in [-0.2, -0.15) is 5.10 Å². The maximum Gasteiger partial charge on any atom is 0.276 e. The third-order valence-corrected chi connectivity index (χ3v) is 4.45. The number of para-hydroxylation sites is 1. The van der Waals surface area contributed by atoms with Gasteiger partial charge in [-0.15, -0.1) is 24.8 Å². The maximum atomic E-state index is 12.4. The second-order valence-electron chi connectivity index (χ2n) is 6.44. The molecule has 1 unspecified atom stereocenters. The van der Waals surface area contributed by atoms with E-state index in [1.54, 1.807) is 24.4 Å². The highest BCUT2D eigenvalue weighted by molar-refractivity contribution is 6.02. The van der Waals surface area contributed by atoms with Crippen molar-refractivity contribution >= 4 is 36.4 Å². The first kappa shape index (κ1) is 22.7. The first-order valence-electron chi connectivity index (χ1n) is 9.04. The van der Waals surface area contributed by atoms with Gasteiger partial charge in [0.1, 0.15) is 5.75 Å². The first-order chi connectivity index (χ1) is 13.3. The quantitative estimate of drug-likeness (QED) is 0.630. The van der Waals surface area contributed by atoms with Crippen molar-refractivity contribution in [2.45, 2.75) is 18.9 Å². The first-order valence-corrected chi connectivity index (χ1v) is 9.04. The summed E-state index contributed by atoms with van der Waals surface area (Å²) in [5.41, 5.74) is 0.986. The highest BCUT2D eigenvalue weighted by Gasteiger charge is 2.17. The predicted molar refractivity (Wildman–Crippen MR) is 117 cm³/mol. The van der Waals surface area contributed by atoms with Gasteiger partial charge in [0.05, 0.1) is 17.9 Å². The molecule has 7 nitrogen and oxygen atoms in total. The van der Waals surface area contributed by atoms with Crippen LogP contribution in [0.3, 0.4) is 0 Å². The number of nitrogens with one attached hydrogen (secondary N) is 2. The lowest BCUT2D eigenvalue weighted by Crippen LogP contribution is -2.32. The molecule has 1 fully saturated rings. The molecule has 9 heteroatoms. The van der Waals surface area contributed by atoms with Crippen LogP contribution in [0.4, 0.5) is 5.69 Å². The van der Waals surface area contributed by atoms with Gasteiger partial charge in [-0.1, -0.05) is 18.2 Å². The number of hydrogen-bond donors (Lipinski definition) is 2. The number of nitrogens with zero attached hydrogens (tertiary/aromatic N) is 3. The van der Waals surface area contributed by atoms with E-state index in [2.05, 4.69) is 20.7 Å². The Morgan fingerprint density at radius 2 is 1.97 bits per heavy atom. The van der Waals surface area contributed by atoms with Crippen LogP contribution < -0.4 is 15.4 Å². The Morgan fingerprint density at radius 3 is 2.66 bits per heavy atom. The number of carbonyl (C=O) groups is 1. The Hall–Kier alpha value is -2.61. The zero-order chi connectivity index (χ0) is 18.5. The Kier molecular flexibility index (Phi) is 8.45. The topological polar surface area (TPSA) is 81.1 Å². The molecule has 1 aliphatic heterocycles. The van der Waals surface area contributed by atoms with E-state index in [4.69, 9.17) is 4.74 Å². The van der Waals surface area contributed by atoms with Gasteiger partial charge in [0.15, 0.2) is 5.69 Å². The van der Waals surface area contributed by atoms with E-state index < -0.39 is 0 Å². The van der Waals surface area contributed by atoms with Crippen LogP contribution in [0.2, 0.25) is 0 Å². The fourth-order valence-electron chi connectivity index (χ4n) is 3.04. The van der Waals surface area contributed by atoms with Gasteiger partial charge in [0, 0.05) is 18.8 Å². The Labute approximate surface area is 181 Å². The van der Waals surface area contributed by atoms with Crippen LogP contribution in [-0.4, -0.2) is 33.8 Å². The summed E-state index contributed by atoms with van der Waals surface area (Å²) in [5, 5.41) is 10.6. The van der Waals surface area contributed by atoms with E-state index in [9.17, 15) is 4.79 Å². The molecule has 3 aromatic rings. The summed E-state index contributed by atoms with van der Waals surface area (Å²) < 4.78 is 7.52. The molecule has 0 aliphatic carbocycles. The second-order valence-corrected chi connectivity index (χ2v) is 6.44. The van der Waals surface area contributed by atoms with Crippen molar-refractivity contribution < 1.29 is 9.53 Å². The molecular formula is C20H23Cl2N5O2. The van der Waals surface area contributed by atoms with Gasteiger partial charge in [-0.25, -0.2) is 4.98 Å². The minimum atomic E-state index is -0.254. The molecule has 154 valence electrons. The van der Waals surface area contributed by atoms with Crippen LogP contribution in [0, 0.1) is 0 Å². The molecule has 4 rings (SSSR count). The normalized spacial score (nSPS) is 15.5. The van der Waals surface area contributed by atoms with Gasteiger partial charge >= 0.3 is 0 Å². The molecule has 2 aromatic heterocycles. The van der Waals surface area contributed by atoms with E-state index in [1.165, 1.54) is 0 Å². The van der Waals surface area contributed by atoms with Crippen molar-refractivity contribution in [1.29, 1.82) is 0 Å². The van der Waals surface area contributed by atoms with Crippen LogP contribution in [-0.2, 0) is 0 Å². The summed E-state index contributed by atoms with van der Waals surface area (Å²) in [4.78, 5) is 16.7. The number of pyridine rings is 1. The largest absolute Gasteiger partial charge is 0.439 e. The summed E-state index contributed by atoms with van der Waals surface area (Å²) >= 11 is 0. The van der Waals surface area contributed by atoms with Crippen molar-refractivity contribution in [1.82, 2.24) is 20.1 Å². The lowest BCUT2D eigenvalue weighted by Gasteiger charge is -2.22. The Morgan fingerprint density at radius 1 is 1.14 bits per heavy atom. The third kappa shape index (κ3) is 5.93. The average Bonchev–Trinajstić information content (AvgIpc) is 3.21. The van der Waals surface area contributed by atoms with E-state index in [0.29, 0.717) is 29.1 Å². The minimum absolute atomic E-state index is 0. The number of rotatable bonds is 5.